The predicted molar refractivity (Wildman–Crippen MR) is 114 cm³/mol. The second-order valence-corrected chi connectivity index (χ2v) is 9.50. The number of nitrogens with one attached hydrogen (secondary N) is 2. The normalized spacial score (nSPS) is 11.7. The molecule has 0 aliphatic carbocycles. The summed E-state index contributed by atoms with van der Waals surface area (Å²) in [5.41, 5.74) is 2.78. The van der Waals surface area contributed by atoms with Crippen molar-refractivity contribution in [3.8, 4) is 0 Å². The number of carbonyl (C=O) groups excluding carboxylic acids is 2. The summed E-state index contributed by atoms with van der Waals surface area (Å²) in [6.45, 7) is 6.52. The van der Waals surface area contributed by atoms with Crippen molar-refractivity contribution in [3.63, 3.8) is 0 Å². The first-order chi connectivity index (χ1) is 13.4. The SMILES string of the molecule is CC(C)(C)c1ccc(C(=O)NCCC(=O)Nc2ccc(CS(N)(=O)=O)cc2)cc1. The van der Waals surface area contributed by atoms with E-state index in [2.05, 4.69) is 31.4 Å². The molecule has 156 valence electrons. The molecule has 4 N–H and O–H groups in total. The summed E-state index contributed by atoms with van der Waals surface area (Å²) in [5.74, 6) is -0.748. The highest BCUT2D eigenvalue weighted by atomic mass is 32.2. The van der Waals surface area contributed by atoms with Crippen LogP contribution in [0.3, 0.4) is 0 Å². The molecule has 0 aromatic heterocycles. The Balaban J connectivity index is 1.80. The van der Waals surface area contributed by atoms with Crippen LogP contribution in [0, 0.1) is 0 Å². The number of sulfonamides is 1. The Bertz CT molecular complexity index is 960. The molecule has 29 heavy (non-hydrogen) atoms. The van der Waals surface area contributed by atoms with Gasteiger partial charge in [0.05, 0.1) is 5.75 Å². The Kier molecular flexibility index (Phi) is 7.16. The van der Waals surface area contributed by atoms with Crippen LogP contribution in [0.5, 0.6) is 0 Å². The average Bonchev–Trinajstić information content (AvgIpc) is 2.61. The molecule has 0 heterocycles. The van der Waals surface area contributed by atoms with Crippen molar-refractivity contribution < 1.29 is 18.0 Å². The molecule has 7 nitrogen and oxygen atoms in total. The maximum Gasteiger partial charge on any atom is 0.251 e. The third-order valence-corrected chi connectivity index (χ3v) is 4.99. The molecule has 0 bridgehead atoms. The molecule has 2 aromatic rings. The number of hydrogen-bond donors (Lipinski definition) is 3. The molecule has 8 heteroatoms. The minimum Gasteiger partial charge on any atom is -0.352 e. The number of amides is 2. The number of carbonyl (C=O) groups is 2. The Morgan fingerprint density at radius 2 is 1.55 bits per heavy atom. The van der Waals surface area contributed by atoms with Crippen molar-refractivity contribution in [2.24, 2.45) is 5.14 Å². The molecule has 2 aromatic carbocycles. The van der Waals surface area contributed by atoms with E-state index in [1.807, 2.05) is 12.1 Å². The second-order valence-electron chi connectivity index (χ2n) is 7.89. The minimum atomic E-state index is -3.59. The fourth-order valence-electron chi connectivity index (χ4n) is 2.65. The van der Waals surface area contributed by atoms with E-state index in [-0.39, 0.29) is 35.9 Å². The van der Waals surface area contributed by atoms with Crippen molar-refractivity contribution in [1.82, 2.24) is 5.32 Å². The number of primary sulfonamides is 1. The Hall–Kier alpha value is -2.71. The highest BCUT2D eigenvalue weighted by molar-refractivity contribution is 7.88. The van der Waals surface area contributed by atoms with E-state index in [0.29, 0.717) is 16.8 Å². The quantitative estimate of drug-likeness (QED) is 0.641. The van der Waals surface area contributed by atoms with Crippen LogP contribution >= 0.6 is 0 Å². The van der Waals surface area contributed by atoms with E-state index in [9.17, 15) is 18.0 Å². The highest BCUT2D eigenvalue weighted by Gasteiger charge is 2.14. The summed E-state index contributed by atoms with van der Waals surface area (Å²) >= 11 is 0. The molecule has 2 amide bonds. The molecule has 0 radical (unpaired) electrons. The third-order valence-electron chi connectivity index (χ3n) is 4.26. The molecular formula is C21H27N3O4S. The topological polar surface area (TPSA) is 118 Å². The smallest absolute Gasteiger partial charge is 0.251 e. The number of hydrogen-bond acceptors (Lipinski definition) is 4. The van der Waals surface area contributed by atoms with Crippen molar-refractivity contribution >= 4 is 27.5 Å². The van der Waals surface area contributed by atoms with Gasteiger partial charge in [-0.15, -0.1) is 0 Å². The minimum absolute atomic E-state index is 0.0177. The summed E-state index contributed by atoms with van der Waals surface area (Å²) in [5, 5.41) is 10.4. The van der Waals surface area contributed by atoms with E-state index < -0.39 is 10.0 Å². The van der Waals surface area contributed by atoms with E-state index in [1.165, 1.54) is 0 Å². The van der Waals surface area contributed by atoms with Crippen LogP contribution in [-0.2, 0) is 26.0 Å². The molecule has 0 aliphatic heterocycles. The lowest BCUT2D eigenvalue weighted by Gasteiger charge is -2.19. The zero-order valence-electron chi connectivity index (χ0n) is 16.9. The summed E-state index contributed by atoms with van der Waals surface area (Å²) in [6.07, 6.45) is 0.116. The van der Waals surface area contributed by atoms with Crippen LogP contribution in [0.15, 0.2) is 48.5 Å². The van der Waals surface area contributed by atoms with E-state index in [1.54, 1.807) is 36.4 Å². The number of benzene rings is 2. The fourth-order valence-corrected chi connectivity index (χ4v) is 3.31. The molecule has 0 spiro atoms. The van der Waals surface area contributed by atoms with Gasteiger partial charge in [0.2, 0.25) is 15.9 Å². The molecule has 0 saturated heterocycles. The summed E-state index contributed by atoms with van der Waals surface area (Å²) in [6, 6.07) is 13.8. The van der Waals surface area contributed by atoms with E-state index in [0.717, 1.165) is 5.56 Å². The van der Waals surface area contributed by atoms with Crippen LogP contribution in [0.25, 0.3) is 0 Å². The summed E-state index contributed by atoms with van der Waals surface area (Å²) in [7, 11) is -3.59. The van der Waals surface area contributed by atoms with E-state index in [4.69, 9.17) is 5.14 Å². The van der Waals surface area contributed by atoms with Gasteiger partial charge < -0.3 is 10.6 Å². The summed E-state index contributed by atoms with van der Waals surface area (Å²) < 4.78 is 22.1. The van der Waals surface area contributed by atoms with Crippen LogP contribution < -0.4 is 15.8 Å². The molecule has 2 rings (SSSR count). The first-order valence-electron chi connectivity index (χ1n) is 9.22. The molecule has 0 unspecified atom stereocenters. The lowest BCUT2D eigenvalue weighted by atomic mass is 9.87. The number of nitrogens with two attached hydrogens (primary N) is 1. The van der Waals surface area contributed by atoms with Gasteiger partial charge in [-0.25, -0.2) is 13.6 Å². The van der Waals surface area contributed by atoms with Crippen molar-refractivity contribution in [2.45, 2.75) is 38.4 Å². The van der Waals surface area contributed by atoms with Crippen molar-refractivity contribution in [1.29, 1.82) is 0 Å². The lowest BCUT2D eigenvalue weighted by molar-refractivity contribution is -0.116. The van der Waals surface area contributed by atoms with E-state index >= 15 is 0 Å². The van der Waals surface area contributed by atoms with Gasteiger partial charge >= 0.3 is 0 Å². The van der Waals surface area contributed by atoms with Gasteiger partial charge in [0, 0.05) is 24.2 Å². The molecule has 0 saturated carbocycles. The highest BCUT2D eigenvalue weighted by Crippen LogP contribution is 2.22. The molecule has 0 atom stereocenters. The first kappa shape index (κ1) is 22.6. The Morgan fingerprint density at radius 1 is 0.966 bits per heavy atom. The Labute approximate surface area is 171 Å². The third kappa shape index (κ3) is 7.67. The largest absolute Gasteiger partial charge is 0.352 e. The maximum atomic E-state index is 12.2. The lowest BCUT2D eigenvalue weighted by Crippen LogP contribution is -2.27. The van der Waals surface area contributed by atoms with Gasteiger partial charge in [0.1, 0.15) is 0 Å². The van der Waals surface area contributed by atoms with Crippen LogP contribution in [0.4, 0.5) is 5.69 Å². The summed E-state index contributed by atoms with van der Waals surface area (Å²) in [4.78, 5) is 24.2. The number of anilines is 1. The van der Waals surface area contributed by atoms with Crippen LogP contribution in [-0.4, -0.2) is 26.8 Å². The number of rotatable bonds is 7. The first-order valence-corrected chi connectivity index (χ1v) is 10.9. The monoisotopic (exact) mass is 417 g/mol. The zero-order valence-corrected chi connectivity index (χ0v) is 17.7. The van der Waals surface area contributed by atoms with Crippen molar-refractivity contribution in [2.75, 3.05) is 11.9 Å². The van der Waals surface area contributed by atoms with Gasteiger partial charge in [0.25, 0.3) is 5.91 Å². The molecule has 0 aliphatic rings. The van der Waals surface area contributed by atoms with Crippen LogP contribution in [0.1, 0.15) is 48.7 Å². The second kappa shape index (κ2) is 9.19. The van der Waals surface area contributed by atoms with Gasteiger partial charge in [-0.3, -0.25) is 9.59 Å². The Morgan fingerprint density at radius 3 is 2.07 bits per heavy atom. The zero-order chi connectivity index (χ0) is 21.7. The maximum absolute atomic E-state index is 12.2. The molecular weight excluding hydrogens is 390 g/mol. The van der Waals surface area contributed by atoms with Crippen molar-refractivity contribution in [3.05, 3.63) is 65.2 Å². The van der Waals surface area contributed by atoms with Gasteiger partial charge in [-0.1, -0.05) is 45.0 Å². The van der Waals surface area contributed by atoms with Gasteiger partial charge in [-0.2, -0.15) is 0 Å². The van der Waals surface area contributed by atoms with Gasteiger partial charge in [0.15, 0.2) is 0 Å². The molecule has 0 fully saturated rings. The van der Waals surface area contributed by atoms with Gasteiger partial charge in [-0.05, 0) is 40.8 Å². The van der Waals surface area contributed by atoms with Crippen LogP contribution in [0.2, 0.25) is 0 Å². The average molecular weight is 418 g/mol. The predicted octanol–water partition coefficient (Wildman–Crippen LogP) is 2.53. The standard InChI is InChI=1S/C21H27N3O4S/c1-21(2,3)17-8-6-16(7-9-17)20(26)23-13-12-19(25)24-18-10-4-15(5-11-18)14-29(22,27)28/h4-11H,12-14H2,1-3H3,(H,23,26)(H,24,25)(H2,22,27,28). The fraction of sp³-hybridized carbons (Fsp3) is 0.333.